The fraction of sp³-hybridized carbons (Fsp3) is 0.585. The summed E-state index contributed by atoms with van der Waals surface area (Å²) in [6.07, 6.45) is 8.36. The van der Waals surface area contributed by atoms with Gasteiger partial charge in [-0.05, 0) is 88.2 Å². The second kappa shape index (κ2) is 24.0. The summed E-state index contributed by atoms with van der Waals surface area (Å²) in [6, 6.07) is -0.100. The molecule has 1 aliphatic rings. The summed E-state index contributed by atoms with van der Waals surface area (Å²) in [6.45, 7) is 11.0. The molecule has 6 atom stereocenters. The van der Waals surface area contributed by atoms with Crippen molar-refractivity contribution in [3.05, 3.63) is 46.3 Å². The van der Waals surface area contributed by atoms with E-state index in [1.165, 1.54) is 18.2 Å². The zero-order valence-corrected chi connectivity index (χ0v) is 35.2. The van der Waals surface area contributed by atoms with Crippen LogP contribution < -0.4 is 31.9 Å². The Morgan fingerprint density at radius 2 is 1.59 bits per heavy atom. The molecule has 6 amide bonds. The van der Waals surface area contributed by atoms with Crippen LogP contribution in [0.5, 0.6) is 5.75 Å². The van der Waals surface area contributed by atoms with Crippen LogP contribution in [0, 0.1) is 31.1 Å². The number of aromatic nitrogens is 1. The van der Waals surface area contributed by atoms with Gasteiger partial charge in [-0.2, -0.15) is 0 Å². The number of hydrogen-bond acceptors (Lipinski definition) is 11. The molecule has 59 heavy (non-hydrogen) atoms. The highest BCUT2D eigenvalue weighted by atomic mass is 35.5. The third-order valence-electron chi connectivity index (χ3n) is 10.3. The second-order valence-corrected chi connectivity index (χ2v) is 15.2. The number of nitrogens with one attached hydrogen (secondary N) is 6. The van der Waals surface area contributed by atoms with Crippen molar-refractivity contribution in [3.63, 3.8) is 0 Å². The Morgan fingerprint density at radius 3 is 2.17 bits per heavy atom. The summed E-state index contributed by atoms with van der Waals surface area (Å²) < 4.78 is 5.02. The molecule has 2 aromatic rings. The predicted octanol–water partition coefficient (Wildman–Crippen LogP) is 1.33. The van der Waals surface area contributed by atoms with Crippen LogP contribution in [0.3, 0.4) is 0 Å². The molecule has 3 rings (SSSR count). The van der Waals surface area contributed by atoms with E-state index in [0.717, 1.165) is 26.1 Å². The molecule has 1 heterocycles. The lowest BCUT2D eigenvalue weighted by Crippen LogP contribution is -2.61. The first-order valence-electron chi connectivity index (χ1n) is 20.1. The molecule has 0 spiro atoms. The molecule has 18 heteroatoms. The number of amides is 6. The van der Waals surface area contributed by atoms with E-state index in [1.807, 2.05) is 6.92 Å². The van der Waals surface area contributed by atoms with Crippen molar-refractivity contribution in [3.8, 4) is 18.1 Å². The van der Waals surface area contributed by atoms with Crippen molar-refractivity contribution < 1.29 is 43.5 Å². The molecule has 1 aliphatic carbocycles. The lowest BCUT2D eigenvalue weighted by atomic mass is 9.96. The number of aliphatic hydroxyl groups excluding tert-OH is 1. The van der Waals surface area contributed by atoms with E-state index in [9.17, 15) is 39.0 Å². The van der Waals surface area contributed by atoms with Crippen molar-refractivity contribution in [1.29, 1.82) is 0 Å². The van der Waals surface area contributed by atoms with Gasteiger partial charge >= 0.3 is 0 Å². The zero-order valence-electron chi connectivity index (χ0n) is 34.4. The topological polar surface area (TPSA) is 244 Å². The number of aromatic hydroxyl groups is 1. The number of aryl methyl sites for hydroxylation is 1. The van der Waals surface area contributed by atoms with Crippen LogP contribution in [0.15, 0.2) is 28.8 Å². The normalized spacial score (nSPS) is 15.4. The molecule has 0 bridgehead atoms. The number of carbonyl (C=O) groups is 6. The largest absolute Gasteiger partial charge is 0.506 e. The Bertz CT molecular complexity index is 1790. The third kappa shape index (κ3) is 15.2. The lowest BCUT2D eigenvalue weighted by molar-refractivity contribution is -0.136. The molecule has 1 aromatic carbocycles. The molecular weight excluding hydrogens is 784 g/mol. The molecular formula is C41H59ClN8O9. The van der Waals surface area contributed by atoms with Crippen molar-refractivity contribution in [2.24, 2.45) is 11.8 Å². The van der Waals surface area contributed by atoms with Crippen LogP contribution in [-0.4, -0.2) is 119 Å². The third-order valence-corrected chi connectivity index (χ3v) is 10.6. The fourth-order valence-corrected chi connectivity index (χ4v) is 6.54. The van der Waals surface area contributed by atoms with Gasteiger partial charge in [-0.15, -0.1) is 6.42 Å². The van der Waals surface area contributed by atoms with E-state index in [-0.39, 0.29) is 41.8 Å². The molecule has 1 saturated carbocycles. The van der Waals surface area contributed by atoms with E-state index in [2.05, 4.69) is 61.7 Å². The number of benzene rings is 1. The number of rotatable bonds is 25. The number of terminal acetylenes is 1. The van der Waals surface area contributed by atoms with Crippen molar-refractivity contribution in [2.75, 3.05) is 32.8 Å². The number of phenolic OH excluding ortho intramolecular Hbond substituents is 1. The van der Waals surface area contributed by atoms with Crippen LogP contribution in [0.25, 0.3) is 0 Å². The molecule has 0 radical (unpaired) electrons. The van der Waals surface area contributed by atoms with Crippen molar-refractivity contribution in [1.82, 2.24) is 42.0 Å². The second-order valence-electron chi connectivity index (χ2n) is 14.8. The van der Waals surface area contributed by atoms with Crippen LogP contribution in [0.4, 0.5) is 0 Å². The van der Waals surface area contributed by atoms with Gasteiger partial charge < -0.3 is 51.5 Å². The van der Waals surface area contributed by atoms with Gasteiger partial charge in [-0.3, -0.25) is 28.8 Å². The molecule has 8 N–H and O–H groups in total. The average molecular weight is 843 g/mol. The van der Waals surface area contributed by atoms with Gasteiger partial charge in [0.05, 0.1) is 18.2 Å². The van der Waals surface area contributed by atoms with Crippen LogP contribution in [-0.2, 0) is 30.4 Å². The summed E-state index contributed by atoms with van der Waals surface area (Å²) in [7, 11) is 0. The van der Waals surface area contributed by atoms with Gasteiger partial charge in [0.25, 0.3) is 5.91 Å². The van der Waals surface area contributed by atoms with Crippen molar-refractivity contribution in [2.45, 2.75) is 110 Å². The van der Waals surface area contributed by atoms with Gasteiger partial charge in [0.15, 0.2) is 5.69 Å². The highest BCUT2D eigenvalue weighted by Crippen LogP contribution is 2.33. The van der Waals surface area contributed by atoms with Crippen LogP contribution >= 0.6 is 11.6 Å². The first-order chi connectivity index (χ1) is 28.1. The first-order valence-corrected chi connectivity index (χ1v) is 20.5. The monoisotopic (exact) mass is 842 g/mol. The molecule has 17 nitrogen and oxygen atoms in total. The number of nitrogens with zero attached hydrogens (tertiary/aromatic N) is 2. The Balaban J connectivity index is 1.82. The maximum absolute atomic E-state index is 14.1. The van der Waals surface area contributed by atoms with E-state index >= 15 is 0 Å². The summed E-state index contributed by atoms with van der Waals surface area (Å²) in [5.74, 6) is -2.24. The molecule has 0 saturated heterocycles. The lowest BCUT2D eigenvalue weighted by Gasteiger charge is -2.29. The number of carbonyl (C=O) groups excluding carboxylic acids is 6. The van der Waals surface area contributed by atoms with Crippen molar-refractivity contribution >= 4 is 47.0 Å². The van der Waals surface area contributed by atoms with E-state index in [0.29, 0.717) is 37.0 Å². The number of hydrogen-bond donors (Lipinski definition) is 8. The summed E-state index contributed by atoms with van der Waals surface area (Å²) in [4.78, 5) is 83.6. The Hall–Kier alpha value is -5.18. The van der Waals surface area contributed by atoms with Gasteiger partial charge in [0.1, 0.15) is 41.7 Å². The fourth-order valence-electron chi connectivity index (χ4n) is 6.34. The maximum atomic E-state index is 14.1. The molecule has 1 unspecified atom stereocenters. The molecule has 0 aliphatic heterocycles. The summed E-state index contributed by atoms with van der Waals surface area (Å²) in [5.41, 5.74) is 0.452. The quantitative estimate of drug-likeness (QED) is 0.0524. The van der Waals surface area contributed by atoms with Crippen LogP contribution in [0.2, 0.25) is 5.02 Å². The highest BCUT2D eigenvalue weighted by molar-refractivity contribution is 6.32. The Labute approximate surface area is 350 Å². The number of phenols is 1. The first kappa shape index (κ1) is 48.2. The van der Waals surface area contributed by atoms with E-state index in [4.69, 9.17) is 22.5 Å². The van der Waals surface area contributed by atoms with Gasteiger partial charge in [-0.25, -0.2) is 0 Å². The molecule has 324 valence electrons. The summed E-state index contributed by atoms with van der Waals surface area (Å²) >= 11 is 6.13. The number of aliphatic hydroxyl groups is 1. The highest BCUT2D eigenvalue weighted by Gasteiger charge is 2.41. The number of halogens is 1. The van der Waals surface area contributed by atoms with Gasteiger partial charge in [0.2, 0.25) is 29.5 Å². The molecule has 1 aromatic heterocycles. The van der Waals surface area contributed by atoms with E-state index in [1.54, 1.807) is 19.9 Å². The van der Waals surface area contributed by atoms with E-state index < -0.39 is 78.2 Å². The number of unbranched alkanes of at least 4 members (excludes halogenated alkanes) is 1. The van der Waals surface area contributed by atoms with Gasteiger partial charge in [-0.1, -0.05) is 62.9 Å². The maximum Gasteiger partial charge on any atom is 0.274 e. The summed E-state index contributed by atoms with van der Waals surface area (Å²) in [5, 5.41) is 39.6. The minimum atomic E-state index is -1.32. The smallest absolute Gasteiger partial charge is 0.274 e. The minimum Gasteiger partial charge on any atom is -0.506 e. The SMILES string of the molecule is C#CCNC(=O)[C@H](CO)NC(=O)[C@H](CCCCN(CC)CC)NC(=O)C(NC(=O)[C@@H](NC(=O)[C@H](Cc1ccc(O)c(Cl)c1)NC(=O)c1cc(C)on1)C1CC1)[C@@H](C)CC. The zero-order chi connectivity index (χ0) is 43.6. The minimum absolute atomic E-state index is 0.0443. The Morgan fingerprint density at radius 1 is 0.915 bits per heavy atom. The van der Waals surface area contributed by atoms with Crippen LogP contribution in [0.1, 0.15) is 88.0 Å². The Kier molecular flexibility index (Phi) is 19.6. The average Bonchev–Trinajstić information content (AvgIpc) is 3.97. The predicted molar refractivity (Wildman–Crippen MR) is 220 cm³/mol. The standard InChI is InChI=1S/C41H59ClN8O9/c1-7-18-43-36(53)32(23-51)46-37(54)29(13-11-12-19-50(9-3)10-4)44-40(57)34(24(5)8-2)47-41(58)35(27-15-16-27)48-38(55)30(22-26-14-17-33(52)28(42)21-26)45-39(56)31-20-25(6)59-49-31/h1,14,17,20-21,24,27,29-30,32,34-35,51-52H,8-13,15-16,18-19,22-23H2,2-6H3,(H,43,53)(H,44,57)(H,45,56)(H,46,54)(H,47,58)(H,48,55)/t24-,29-,30-,32-,34?,35-/m0/s1. The van der Waals surface area contributed by atoms with Gasteiger partial charge in [0, 0.05) is 12.5 Å². The molecule has 1 fully saturated rings.